The molecule has 3 N–H and O–H groups in total. The number of hydrogen-bond donors (Lipinski definition) is 3. The SMILES string of the molecule is [3H]OC1[C@@H]2OCOCC2O[C@H](C[C@@H]2C(C)CC(C)[C@@H](O)C2O)[C@H]1C. The Hall–Kier alpha value is -0.240. The number of rotatable bonds is 3. The van der Waals surface area contributed by atoms with Crippen LogP contribution in [0.1, 0.15) is 33.6 Å². The van der Waals surface area contributed by atoms with E-state index in [0.29, 0.717) is 18.9 Å². The van der Waals surface area contributed by atoms with E-state index in [1.807, 2.05) is 13.8 Å². The maximum atomic E-state index is 10.5. The minimum absolute atomic E-state index is 0.0299. The van der Waals surface area contributed by atoms with Crippen LogP contribution in [0.4, 0.5) is 0 Å². The third kappa shape index (κ3) is 3.30. The summed E-state index contributed by atoms with van der Waals surface area (Å²) in [5, 5.41) is 25.7. The Morgan fingerprint density at radius 3 is 2.61 bits per heavy atom. The number of aliphatic hydroxyl groups is 3. The van der Waals surface area contributed by atoms with E-state index in [2.05, 4.69) is 6.92 Å². The molecule has 1 aliphatic carbocycles. The molecule has 6 nitrogen and oxygen atoms in total. The van der Waals surface area contributed by atoms with Crippen LogP contribution in [0, 0.1) is 23.7 Å². The van der Waals surface area contributed by atoms with E-state index < -0.39 is 12.2 Å². The maximum Gasteiger partial charge on any atom is 0.211 e. The van der Waals surface area contributed by atoms with Crippen LogP contribution >= 0.6 is 0 Å². The van der Waals surface area contributed by atoms with E-state index in [9.17, 15) is 10.2 Å². The number of ether oxygens (including phenoxy) is 3. The van der Waals surface area contributed by atoms with Crippen LogP contribution in [0.25, 0.3) is 0 Å². The molecular formula is C17H30O6. The summed E-state index contributed by atoms with van der Waals surface area (Å²) in [5.74, 6) is 0.348. The summed E-state index contributed by atoms with van der Waals surface area (Å²) in [6, 6.07) is 0. The van der Waals surface area contributed by atoms with E-state index in [0.717, 1.165) is 6.42 Å². The second kappa shape index (κ2) is 6.94. The minimum Gasteiger partial charge on any atom is -0.390 e. The second-order valence-corrected chi connectivity index (χ2v) is 7.73. The smallest absolute Gasteiger partial charge is 0.211 e. The lowest BCUT2D eigenvalue weighted by atomic mass is 9.68. The van der Waals surface area contributed by atoms with Gasteiger partial charge in [0.05, 0.1) is 31.0 Å². The van der Waals surface area contributed by atoms with Crippen molar-refractivity contribution >= 4 is 0 Å². The van der Waals surface area contributed by atoms with Crippen LogP contribution in [0.2, 0.25) is 0 Å². The van der Waals surface area contributed by atoms with Gasteiger partial charge in [0.1, 0.15) is 19.0 Å². The lowest BCUT2D eigenvalue weighted by Crippen LogP contribution is -2.59. The average molecular weight is 332 g/mol. The summed E-state index contributed by atoms with van der Waals surface area (Å²) >= 11 is 0. The van der Waals surface area contributed by atoms with Gasteiger partial charge in [-0.25, -0.2) is 0 Å². The number of fused-ring (bicyclic) bond motifs is 1. The zero-order valence-electron chi connectivity index (χ0n) is 15.1. The fourth-order valence-electron chi connectivity index (χ4n) is 4.51. The molecule has 2 saturated heterocycles. The van der Waals surface area contributed by atoms with Gasteiger partial charge in [-0.2, -0.15) is 0 Å². The Bertz CT molecular complexity index is 424. The molecule has 0 bridgehead atoms. The summed E-state index contributed by atoms with van der Waals surface area (Å²) < 4.78 is 24.5. The van der Waals surface area contributed by atoms with Crippen LogP contribution in [-0.4, -0.2) is 66.8 Å². The quantitative estimate of drug-likeness (QED) is 0.699. The molecule has 134 valence electrons. The van der Waals surface area contributed by atoms with Crippen molar-refractivity contribution in [1.82, 2.24) is 0 Å². The van der Waals surface area contributed by atoms with Gasteiger partial charge < -0.3 is 29.5 Å². The van der Waals surface area contributed by atoms with Gasteiger partial charge in [-0.05, 0) is 30.6 Å². The van der Waals surface area contributed by atoms with E-state index in [4.69, 9.17) is 20.8 Å². The average Bonchev–Trinajstić information content (AvgIpc) is 2.57. The first-order valence-corrected chi connectivity index (χ1v) is 8.77. The van der Waals surface area contributed by atoms with Crippen LogP contribution in [0.15, 0.2) is 0 Å². The molecule has 1 saturated carbocycles. The van der Waals surface area contributed by atoms with Crippen molar-refractivity contribution in [2.75, 3.05) is 13.4 Å². The van der Waals surface area contributed by atoms with Crippen molar-refractivity contribution in [2.45, 2.75) is 70.2 Å². The van der Waals surface area contributed by atoms with Gasteiger partial charge in [0, 0.05) is 5.92 Å². The van der Waals surface area contributed by atoms with Crippen LogP contribution in [0.3, 0.4) is 0 Å². The van der Waals surface area contributed by atoms with Crippen molar-refractivity contribution in [1.29, 1.82) is 1.43 Å². The Balaban J connectivity index is 1.71. The molecule has 3 aliphatic rings. The molecule has 0 radical (unpaired) electrons. The van der Waals surface area contributed by atoms with Gasteiger partial charge in [-0.15, -0.1) is 0 Å². The van der Waals surface area contributed by atoms with Gasteiger partial charge in [0.15, 0.2) is 0 Å². The summed E-state index contributed by atoms with van der Waals surface area (Å²) in [6.07, 6.45) is -0.991. The first-order chi connectivity index (χ1) is 11.4. The van der Waals surface area contributed by atoms with E-state index >= 15 is 0 Å². The largest absolute Gasteiger partial charge is 0.390 e. The maximum absolute atomic E-state index is 10.5. The van der Waals surface area contributed by atoms with Crippen molar-refractivity contribution in [3.8, 4) is 0 Å². The molecular weight excluding hydrogens is 300 g/mol. The third-order valence-electron chi connectivity index (χ3n) is 6.12. The number of aliphatic hydroxyl groups excluding tert-OH is 3. The topological polar surface area (TPSA) is 88.4 Å². The highest BCUT2D eigenvalue weighted by Gasteiger charge is 2.48. The zero-order valence-corrected chi connectivity index (χ0v) is 14.1. The highest BCUT2D eigenvalue weighted by atomic mass is 16.7. The Kier molecular flexibility index (Phi) is 4.90. The molecule has 10 atom stereocenters. The highest BCUT2D eigenvalue weighted by Crippen LogP contribution is 2.40. The van der Waals surface area contributed by atoms with Gasteiger partial charge in [0.25, 0.3) is 0 Å². The molecule has 2 heterocycles. The molecule has 3 rings (SSSR count). The second-order valence-electron chi connectivity index (χ2n) is 7.73. The van der Waals surface area contributed by atoms with Crippen LogP contribution in [-0.2, 0) is 14.2 Å². The Morgan fingerprint density at radius 1 is 1.09 bits per heavy atom. The molecule has 2 aliphatic heterocycles. The van der Waals surface area contributed by atoms with Gasteiger partial charge in [-0.3, -0.25) is 0 Å². The highest BCUT2D eigenvalue weighted by molar-refractivity contribution is 4.96. The lowest BCUT2D eigenvalue weighted by molar-refractivity contribution is -0.286. The monoisotopic (exact) mass is 332 g/mol. The Labute approximate surface area is 139 Å². The summed E-state index contributed by atoms with van der Waals surface area (Å²) in [7, 11) is 0. The van der Waals surface area contributed by atoms with Crippen LogP contribution in [0.5, 0.6) is 0 Å². The van der Waals surface area contributed by atoms with Crippen molar-refractivity contribution in [3.05, 3.63) is 0 Å². The third-order valence-corrected chi connectivity index (χ3v) is 6.12. The first-order valence-electron chi connectivity index (χ1n) is 9.17. The molecule has 0 aromatic carbocycles. The first kappa shape index (κ1) is 16.2. The molecule has 0 aromatic heterocycles. The molecule has 5 unspecified atom stereocenters. The fraction of sp³-hybridized carbons (Fsp3) is 1.00. The summed E-state index contributed by atoms with van der Waals surface area (Å²) in [5.41, 5.74) is 0. The predicted molar refractivity (Wildman–Crippen MR) is 82.6 cm³/mol. The lowest BCUT2D eigenvalue weighted by Gasteiger charge is -2.48. The normalized spacial score (nSPS) is 55.1. The van der Waals surface area contributed by atoms with Gasteiger partial charge in [-0.1, -0.05) is 20.8 Å². The molecule has 3 fully saturated rings. The molecule has 6 heteroatoms. The predicted octanol–water partition coefficient (Wildman–Crippen LogP) is 0.528. The van der Waals surface area contributed by atoms with E-state index in [1.54, 1.807) is 0 Å². The number of hydrogen-bond acceptors (Lipinski definition) is 6. The fourth-order valence-corrected chi connectivity index (χ4v) is 4.51. The van der Waals surface area contributed by atoms with Gasteiger partial charge in [0.2, 0.25) is 1.43 Å². The van der Waals surface area contributed by atoms with Crippen molar-refractivity contribution < 1.29 is 29.5 Å². The van der Waals surface area contributed by atoms with Crippen LogP contribution < -0.4 is 0 Å². The zero-order chi connectivity index (χ0) is 17.4. The minimum atomic E-state index is -0.744. The van der Waals surface area contributed by atoms with Gasteiger partial charge >= 0.3 is 0 Å². The Morgan fingerprint density at radius 2 is 1.87 bits per heavy atom. The molecule has 0 amide bonds. The summed E-state index contributed by atoms with van der Waals surface area (Å²) in [6.45, 7) is 6.72. The molecule has 0 spiro atoms. The van der Waals surface area contributed by atoms with E-state index in [1.165, 1.54) is 0 Å². The molecule has 0 aromatic rings. The van der Waals surface area contributed by atoms with Crippen molar-refractivity contribution in [3.63, 3.8) is 0 Å². The summed E-state index contributed by atoms with van der Waals surface area (Å²) in [4.78, 5) is 0. The van der Waals surface area contributed by atoms with Crippen molar-refractivity contribution in [2.24, 2.45) is 23.7 Å². The molecule has 23 heavy (non-hydrogen) atoms. The standard InChI is InChI=1S/C17H30O6/c1-8-4-9(2)14(18)16(20)11(8)5-12-10(3)15(19)17-13(23-12)6-21-7-22-17/h8-20H,4-7H2,1-3H3/t8?,9?,10-,11-,12-,13?,14-,15?,16?,17-/m1/s1/i19T. The van der Waals surface area contributed by atoms with E-state index in [-0.39, 0.29) is 49.0 Å².